The van der Waals surface area contributed by atoms with Crippen molar-refractivity contribution in [2.24, 2.45) is 0 Å². The lowest BCUT2D eigenvalue weighted by molar-refractivity contribution is 1.34. The van der Waals surface area contributed by atoms with Crippen LogP contribution in [0.3, 0.4) is 0 Å². The predicted octanol–water partition coefficient (Wildman–Crippen LogP) is 6.12. The van der Waals surface area contributed by atoms with Crippen LogP contribution in [0.25, 0.3) is 6.08 Å². The SMILES string of the molecule is CSc1ccc(/C=C/B(c2c(C)cc(C)cc2C)c2c(C)cc(C)cc2C)cc1. The van der Waals surface area contributed by atoms with Gasteiger partial charge in [-0.15, -0.1) is 17.7 Å². The lowest BCUT2D eigenvalue weighted by atomic mass is 9.37. The second-order valence-electron chi connectivity index (χ2n) is 8.23. The third-order valence-corrected chi connectivity index (χ3v) is 6.44. The molecule has 0 bridgehead atoms. The van der Waals surface area contributed by atoms with Crippen LogP contribution in [0.5, 0.6) is 0 Å². The van der Waals surface area contributed by atoms with E-state index in [0.717, 1.165) is 0 Å². The van der Waals surface area contributed by atoms with Crippen molar-refractivity contribution in [2.45, 2.75) is 46.4 Å². The molecular formula is C27H31BS. The van der Waals surface area contributed by atoms with Crippen molar-refractivity contribution in [1.82, 2.24) is 0 Å². The summed E-state index contributed by atoms with van der Waals surface area (Å²) < 4.78 is 0. The van der Waals surface area contributed by atoms with Crippen molar-refractivity contribution in [3.8, 4) is 0 Å². The molecule has 3 aromatic rings. The Morgan fingerprint density at radius 1 is 0.655 bits per heavy atom. The van der Waals surface area contributed by atoms with Crippen LogP contribution in [-0.2, 0) is 0 Å². The first kappa shape index (κ1) is 21.5. The van der Waals surface area contributed by atoms with Crippen LogP contribution in [0.1, 0.15) is 38.9 Å². The monoisotopic (exact) mass is 398 g/mol. The van der Waals surface area contributed by atoms with Crippen LogP contribution in [-0.4, -0.2) is 13.0 Å². The Bertz CT molecular complexity index is 941. The van der Waals surface area contributed by atoms with Crippen molar-refractivity contribution < 1.29 is 0 Å². The number of thioether (sulfide) groups is 1. The predicted molar refractivity (Wildman–Crippen MR) is 134 cm³/mol. The highest BCUT2D eigenvalue weighted by Gasteiger charge is 2.24. The van der Waals surface area contributed by atoms with Crippen LogP contribution >= 0.6 is 11.8 Å². The Morgan fingerprint density at radius 2 is 1.07 bits per heavy atom. The van der Waals surface area contributed by atoms with Crippen LogP contribution in [0.4, 0.5) is 0 Å². The van der Waals surface area contributed by atoms with Gasteiger partial charge in [0.05, 0.1) is 0 Å². The van der Waals surface area contributed by atoms with E-state index in [4.69, 9.17) is 0 Å². The molecule has 0 unspecified atom stereocenters. The van der Waals surface area contributed by atoms with Gasteiger partial charge in [-0.1, -0.05) is 86.8 Å². The van der Waals surface area contributed by atoms with Gasteiger partial charge in [-0.05, 0) is 65.5 Å². The van der Waals surface area contributed by atoms with E-state index in [1.54, 1.807) is 11.8 Å². The van der Waals surface area contributed by atoms with Gasteiger partial charge < -0.3 is 0 Å². The zero-order valence-corrected chi connectivity index (χ0v) is 19.6. The molecule has 0 aliphatic heterocycles. The van der Waals surface area contributed by atoms with Crippen LogP contribution in [0.15, 0.2) is 59.4 Å². The fourth-order valence-electron chi connectivity index (χ4n) is 4.62. The van der Waals surface area contributed by atoms with Crippen molar-refractivity contribution in [1.29, 1.82) is 0 Å². The van der Waals surface area contributed by atoms with Gasteiger partial charge in [-0.2, -0.15) is 0 Å². The van der Waals surface area contributed by atoms with Crippen molar-refractivity contribution in [3.05, 3.63) is 93.5 Å². The minimum atomic E-state index is 0.247. The van der Waals surface area contributed by atoms with Gasteiger partial charge >= 0.3 is 0 Å². The average Bonchev–Trinajstić information content (AvgIpc) is 2.64. The lowest BCUT2D eigenvalue weighted by Gasteiger charge is -2.22. The van der Waals surface area contributed by atoms with E-state index in [9.17, 15) is 0 Å². The second kappa shape index (κ2) is 9.09. The number of benzene rings is 3. The Morgan fingerprint density at radius 3 is 1.45 bits per heavy atom. The van der Waals surface area contributed by atoms with E-state index in [2.05, 4.69) is 108 Å². The summed E-state index contributed by atoms with van der Waals surface area (Å²) in [6.45, 7) is 13.6. The van der Waals surface area contributed by atoms with Crippen LogP contribution in [0.2, 0.25) is 0 Å². The Balaban J connectivity index is 2.16. The summed E-state index contributed by atoms with van der Waals surface area (Å²) in [6.07, 6.45) is 4.40. The molecule has 0 radical (unpaired) electrons. The van der Waals surface area contributed by atoms with Gasteiger partial charge in [0, 0.05) is 4.90 Å². The molecule has 0 fully saturated rings. The molecule has 29 heavy (non-hydrogen) atoms. The Hall–Kier alpha value is -2.19. The van der Waals surface area contributed by atoms with E-state index in [1.807, 2.05) is 0 Å². The van der Waals surface area contributed by atoms with Crippen LogP contribution in [0, 0.1) is 41.5 Å². The molecule has 0 aliphatic rings. The number of aryl methyl sites for hydroxylation is 6. The molecule has 0 N–H and O–H groups in total. The maximum atomic E-state index is 2.39. The topological polar surface area (TPSA) is 0 Å². The van der Waals surface area contributed by atoms with Gasteiger partial charge in [-0.25, -0.2) is 0 Å². The summed E-state index contributed by atoms with van der Waals surface area (Å²) in [5, 5.41) is 0. The van der Waals surface area contributed by atoms with E-state index in [0.29, 0.717) is 0 Å². The minimum Gasteiger partial charge on any atom is -0.130 e. The van der Waals surface area contributed by atoms with Gasteiger partial charge in [0.15, 0.2) is 0 Å². The van der Waals surface area contributed by atoms with Crippen LogP contribution < -0.4 is 10.9 Å². The second-order valence-corrected chi connectivity index (χ2v) is 9.11. The first-order valence-electron chi connectivity index (χ1n) is 10.3. The lowest BCUT2D eigenvalue weighted by Crippen LogP contribution is -2.46. The first-order chi connectivity index (χ1) is 13.8. The van der Waals surface area contributed by atoms with Gasteiger partial charge in [0.1, 0.15) is 0 Å². The van der Waals surface area contributed by atoms with Gasteiger partial charge in [0.2, 0.25) is 6.71 Å². The quantitative estimate of drug-likeness (QED) is 0.369. The Labute approximate surface area is 181 Å². The summed E-state index contributed by atoms with van der Waals surface area (Å²) in [5.74, 6) is 2.39. The zero-order valence-electron chi connectivity index (χ0n) is 18.8. The van der Waals surface area contributed by atoms with Crippen molar-refractivity contribution in [2.75, 3.05) is 6.26 Å². The third kappa shape index (κ3) is 4.87. The summed E-state index contributed by atoms with van der Waals surface area (Å²) in [7, 11) is 0. The first-order valence-corrected chi connectivity index (χ1v) is 11.5. The smallest absolute Gasteiger partial charge is 0.130 e. The number of hydrogen-bond donors (Lipinski definition) is 0. The maximum Gasteiger partial charge on any atom is 0.235 e. The molecular weight excluding hydrogens is 367 g/mol. The van der Waals surface area contributed by atoms with Crippen molar-refractivity contribution >= 4 is 35.5 Å². The molecule has 0 heterocycles. The van der Waals surface area contributed by atoms with E-state index in [1.165, 1.54) is 54.8 Å². The summed E-state index contributed by atoms with van der Waals surface area (Å²) in [5.41, 5.74) is 12.3. The molecule has 0 spiro atoms. The molecule has 0 atom stereocenters. The molecule has 2 heteroatoms. The van der Waals surface area contributed by atoms with Gasteiger partial charge in [-0.3, -0.25) is 0 Å². The molecule has 0 nitrogen and oxygen atoms in total. The highest BCUT2D eigenvalue weighted by molar-refractivity contribution is 7.98. The molecule has 0 aromatic heterocycles. The van der Waals surface area contributed by atoms with E-state index in [-0.39, 0.29) is 6.71 Å². The summed E-state index contributed by atoms with van der Waals surface area (Å²) in [4.78, 5) is 1.30. The normalized spacial score (nSPS) is 11.3. The average molecular weight is 398 g/mol. The molecule has 3 rings (SSSR count). The van der Waals surface area contributed by atoms with Gasteiger partial charge in [0.25, 0.3) is 0 Å². The molecule has 0 amide bonds. The molecule has 0 saturated carbocycles. The third-order valence-electron chi connectivity index (χ3n) is 5.70. The Kier molecular flexibility index (Phi) is 6.75. The molecule has 0 saturated heterocycles. The molecule has 3 aromatic carbocycles. The zero-order chi connectivity index (χ0) is 21.1. The minimum absolute atomic E-state index is 0.247. The summed E-state index contributed by atoms with van der Waals surface area (Å²) in [6, 6.07) is 18.1. The largest absolute Gasteiger partial charge is 0.235 e. The van der Waals surface area contributed by atoms with E-state index < -0.39 is 0 Å². The molecule has 148 valence electrons. The maximum absolute atomic E-state index is 2.39. The number of hydrogen-bond acceptors (Lipinski definition) is 1. The van der Waals surface area contributed by atoms with Crippen molar-refractivity contribution in [3.63, 3.8) is 0 Å². The fraction of sp³-hybridized carbons (Fsp3) is 0.259. The fourth-order valence-corrected chi connectivity index (χ4v) is 5.03. The highest BCUT2D eigenvalue weighted by Crippen LogP contribution is 2.17. The standard InChI is InChI=1S/C27H31BS/c1-18-14-20(3)26(21(4)15-18)28(27-22(5)16-19(2)17-23(27)6)13-12-24-8-10-25(29-7)11-9-24/h8-17H,1-7H3/b13-12+. The molecule has 0 aliphatic carbocycles. The van der Waals surface area contributed by atoms with E-state index >= 15 is 0 Å². The highest BCUT2D eigenvalue weighted by atomic mass is 32.2. The summed E-state index contributed by atoms with van der Waals surface area (Å²) >= 11 is 1.78. The number of rotatable bonds is 5.